The molecule has 3 aromatic rings. The number of thiophene rings is 1. The van der Waals surface area contributed by atoms with Crippen molar-refractivity contribution in [1.29, 1.82) is 0 Å². The molecule has 0 saturated heterocycles. The molecule has 0 aliphatic heterocycles. The molecule has 0 amide bonds. The molecule has 0 radical (unpaired) electrons. The van der Waals surface area contributed by atoms with Crippen molar-refractivity contribution in [1.82, 2.24) is 9.97 Å². The van der Waals surface area contributed by atoms with Gasteiger partial charge in [-0.15, -0.1) is 11.3 Å². The Balaban J connectivity index is 1.70. The summed E-state index contributed by atoms with van der Waals surface area (Å²) in [5.74, 6) is 0.435. The maximum Gasteiger partial charge on any atom is 0.344 e. The van der Waals surface area contributed by atoms with Gasteiger partial charge < -0.3 is 14.5 Å². The van der Waals surface area contributed by atoms with Crippen molar-refractivity contribution < 1.29 is 14.3 Å². The van der Waals surface area contributed by atoms with E-state index in [0.717, 1.165) is 16.0 Å². The highest BCUT2D eigenvalue weighted by Gasteiger charge is 2.18. The Labute approximate surface area is 154 Å². The maximum absolute atomic E-state index is 12.3. The Hall–Kier alpha value is -2.67. The molecular weight excluding hydrogens is 352 g/mol. The van der Waals surface area contributed by atoms with Gasteiger partial charge in [0.15, 0.2) is 18.5 Å². The average Bonchev–Trinajstić information content (AvgIpc) is 2.88. The number of carbonyl (C=O) groups is 1. The first-order chi connectivity index (χ1) is 12.4. The van der Waals surface area contributed by atoms with E-state index < -0.39 is 12.1 Å². The fourth-order valence-corrected chi connectivity index (χ4v) is 3.64. The molecule has 0 aliphatic carbocycles. The summed E-state index contributed by atoms with van der Waals surface area (Å²) in [7, 11) is 0. The molecule has 2 aromatic heterocycles. The summed E-state index contributed by atoms with van der Waals surface area (Å²) in [5.41, 5.74) is 1.65. The van der Waals surface area contributed by atoms with Crippen LogP contribution in [0.2, 0.25) is 0 Å². The number of benzene rings is 1. The van der Waals surface area contributed by atoms with Crippen molar-refractivity contribution >= 4 is 27.5 Å². The van der Waals surface area contributed by atoms with E-state index >= 15 is 0 Å². The molecule has 0 saturated carbocycles. The average molecular weight is 372 g/mol. The van der Waals surface area contributed by atoms with E-state index in [1.165, 1.54) is 11.3 Å². The van der Waals surface area contributed by atoms with E-state index in [1.54, 1.807) is 13.0 Å². The Bertz CT molecular complexity index is 1020. The Kier molecular flexibility index (Phi) is 5.08. The van der Waals surface area contributed by atoms with Gasteiger partial charge in [-0.3, -0.25) is 4.79 Å². The van der Waals surface area contributed by atoms with Crippen LogP contribution in [0.1, 0.15) is 34.9 Å². The summed E-state index contributed by atoms with van der Waals surface area (Å²) in [4.78, 5) is 33.2. The summed E-state index contributed by atoms with van der Waals surface area (Å²) in [6, 6.07) is 7.43. The van der Waals surface area contributed by atoms with Crippen molar-refractivity contribution in [2.45, 2.75) is 33.8 Å². The minimum atomic E-state index is -0.678. The fourth-order valence-electron chi connectivity index (χ4n) is 2.61. The molecule has 1 N–H and O–H groups in total. The number of aromatic nitrogens is 2. The molecule has 2 heterocycles. The van der Waals surface area contributed by atoms with Gasteiger partial charge in [0.05, 0.1) is 5.39 Å². The number of aromatic amines is 1. The van der Waals surface area contributed by atoms with Crippen LogP contribution in [-0.4, -0.2) is 22.5 Å². The number of ether oxygens (including phenoxy) is 2. The van der Waals surface area contributed by atoms with Gasteiger partial charge in [-0.25, -0.2) is 9.78 Å². The van der Waals surface area contributed by atoms with Crippen molar-refractivity contribution in [3.8, 4) is 5.75 Å². The molecule has 0 spiro atoms. The number of fused-ring (bicyclic) bond motifs is 1. The van der Waals surface area contributed by atoms with E-state index in [1.807, 2.05) is 39.0 Å². The minimum Gasteiger partial charge on any atom is -0.482 e. The molecule has 0 aliphatic rings. The second-order valence-corrected chi connectivity index (χ2v) is 7.30. The highest BCUT2D eigenvalue weighted by molar-refractivity contribution is 7.18. The van der Waals surface area contributed by atoms with E-state index in [9.17, 15) is 9.59 Å². The number of hydrogen-bond acceptors (Lipinski definition) is 6. The van der Waals surface area contributed by atoms with Crippen molar-refractivity contribution in [3.63, 3.8) is 0 Å². The lowest BCUT2D eigenvalue weighted by atomic mass is 10.2. The van der Waals surface area contributed by atoms with Gasteiger partial charge in [0.1, 0.15) is 10.6 Å². The van der Waals surface area contributed by atoms with Crippen LogP contribution in [0, 0.1) is 20.8 Å². The molecule has 0 unspecified atom stereocenters. The number of esters is 1. The molecule has 1 atom stereocenters. The quantitative estimate of drug-likeness (QED) is 0.692. The molecule has 0 bridgehead atoms. The van der Waals surface area contributed by atoms with Crippen molar-refractivity contribution in [2.24, 2.45) is 0 Å². The van der Waals surface area contributed by atoms with Gasteiger partial charge in [0.2, 0.25) is 0 Å². The number of carbonyl (C=O) groups excluding carboxylic acids is 1. The zero-order valence-electron chi connectivity index (χ0n) is 15.1. The van der Waals surface area contributed by atoms with Crippen molar-refractivity contribution in [2.75, 3.05) is 6.61 Å². The van der Waals surface area contributed by atoms with Crippen LogP contribution < -0.4 is 10.3 Å². The predicted octanol–water partition coefficient (Wildman–Crippen LogP) is 3.59. The fraction of sp³-hybridized carbons (Fsp3) is 0.316. The van der Waals surface area contributed by atoms with Crippen LogP contribution in [-0.2, 0) is 9.53 Å². The Morgan fingerprint density at radius 3 is 2.73 bits per heavy atom. The second-order valence-electron chi connectivity index (χ2n) is 6.10. The molecule has 0 fully saturated rings. The third kappa shape index (κ3) is 3.62. The lowest BCUT2D eigenvalue weighted by molar-refractivity contribution is -0.151. The van der Waals surface area contributed by atoms with Gasteiger partial charge in [-0.05, 0) is 44.9 Å². The van der Waals surface area contributed by atoms with Crippen LogP contribution in [0.3, 0.4) is 0 Å². The summed E-state index contributed by atoms with van der Waals surface area (Å²) in [6.45, 7) is 7.21. The van der Waals surface area contributed by atoms with Crippen LogP contribution in [0.5, 0.6) is 5.75 Å². The molecule has 3 rings (SSSR count). The minimum absolute atomic E-state index is 0.209. The first-order valence-electron chi connectivity index (χ1n) is 8.24. The normalized spacial score (nSPS) is 12.2. The summed E-state index contributed by atoms with van der Waals surface area (Å²) in [5, 5.41) is 0.595. The van der Waals surface area contributed by atoms with E-state index in [-0.39, 0.29) is 12.2 Å². The molecule has 6 nitrogen and oxygen atoms in total. The molecule has 136 valence electrons. The molecule has 7 heteroatoms. The van der Waals surface area contributed by atoms with Crippen LogP contribution >= 0.6 is 11.3 Å². The Morgan fingerprint density at radius 1 is 1.27 bits per heavy atom. The SMILES string of the molecule is Cc1ccccc1OCC(=O)O[C@H](C)c1nc2sc(C)c(C)c2c(=O)[nH]1. The van der Waals surface area contributed by atoms with Crippen LogP contribution in [0.4, 0.5) is 0 Å². The standard InChI is InChI=1S/C19H20N2O4S/c1-10-7-5-6-8-14(10)24-9-15(22)25-12(3)17-20-18(23)16-11(2)13(4)26-19(16)21-17/h5-8,12H,9H2,1-4H3,(H,20,21,23)/t12-/m1/s1. The summed E-state index contributed by atoms with van der Waals surface area (Å²) < 4.78 is 10.8. The van der Waals surface area contributed by atoms with E-state index in [0.29, 0.717) is 21.8 Å². The molecule has 26 heavy (non-hydrogen) atoms. The lowest BCUT2D eigenvalue weighted by Crippen LogP contribution is -2.20. The lowest BCUT2D eigenvalue weighted by Gasteiger charge is -2.13. The summed E-state index contributed by atoms with van der Waals surface area (Å²) in [6.07, 6.45) is -0.678. The van der Waals surface area contributed by atoms with Crippen LogP contribution in [0.25, 0.3) is 10.2 Å². The van der Waals surface area contributed by atoms with Crippen molar-refractivity contribution in [3.05, 3.63) is 56.4 Å². The highest BCUT2D eigenvalue weighted by atomic mass is 32.1. The monoisotopic (exact) mass is 372 g/mol. The van der Waals surface area contributed by atoms with E-state index in [4.69, 9.17) is 9.47 Å². The largest absolute Gasteiger partial charge is 0.482 e. The number of rotatable bonds is 5. The van der Waals surface area contributed by atoms with Gasteiger partial charge in [0, 0.05) is 4.88 Å². The first kappa shape index (κ1) is 18.1. The number of aryl methyl sites for hydroxylation is 3. The topological polar surface area (TPSA) is 81.3 Å². The highest BCUT2D eigenvalue weighted by Crippen LogP contribution is 2.27. The number of nitrogens with one attached hydrogen (secondary N) is 1. The van der Waals surface area contributed by atoms with Crippen LogP contribution in [0.15, 0.2) is 29.1 Å². The van der Waals surface area contributed by atoms with Gasteiger partial charge in [-0.2, -0.15) is 0 Å². The summed E-state index contributed by atoms with van der Waals surface area (Å²) >= 11 is 1.46. The van der Waals surface area contributed by atoms with Gasteiger partial charge in [0.25, 0.3) is 5.56 Å². The number of para-hydroxylation sites is 1. The van der Waals surface area contributed by atoms with Gasteiger partial charge in [-0.1, -0.05) is 18.2 Å². The zero-order chi connectivity index (χ0) is 18.8. The Morgan fingerprint density at radius 2 is 2.00 bits per heavy atom. The molecule has 1 aromatic carbocycles. The number of nitrogens with zero attached hydrogens (tertiary/aromatic N) is 1. The number of H-pyrrole nitrogens is 1. The van der Waals surface area contributed by atoms with E-state index in [2.05, 4.69) is 9.97 Å². The smallest absolute Gasteiger partial charge is 0.344 e. The maximum atomic E-state index is 12.3. The van der Waals surface area contributed by atoms with Gasteiger partial charge >= 0.3 is 5.97 Å². The predicted molar refractivity (Wildman–Crippen MR) is 101 cm³/mol. The second kappa shape index (κ2) is 7.29. The molecular formula is C19H20N2O4S. The zero-order valence-corrected chi connectivity index (χ0v) is 15.9. The third-order valence-corrected chi connectivity index (χ3v) is 5.29. The third-order valence-electron chi connectivity index (χ3n) is 4.19. The number of hydrogen-bond donors (Lipinski definition) is 1. The first-order valence-corrected chi connectivity index (χ1v) is 9.06.